The van der Waals surface area contributed by atoms with E-state index in [1.54, 1.807) is 13.8 Å². The van der Waals surface area contributed by atoms with Crippen LogP contribution in [0.2, 0.25) is 0 Å². The third kappa shape index (κ3) is 7.44. The van der Waals surface area contributed by atoms with Gasteiger partial charge in [-0.2, -0.15) is 0 Å². The lowest BCUT2D eigenvalue weighted by atomic mass is 9.96. The second kappa shape index (κ2) is 9.61. The molecule has 0 fully saturated rings. The smallest absolute Gasteiger partial charge is 0.356 e. The predicted octanol–water partition coefficient (Wildman–Crippen LogP) is 2.03. The topological polar surface area (TPSA) is 81.7 Å². The fraction of sp³-hybridized carbons (Fsp3) is 0.471. The second-order valence-electron chi connectivity index (χ2n) is 5.60. The molecule has 1 rings (SSSR count). The Hall–Kier alpha value is -2.37. The number of amides is 1. The van der Waals surface area contributed by atoms with Crippen LogP contribution in [0.4, 0.5) is 0 Å². The molecule has 1 N–H and O–H groups in total. The van der Waals surface area contributed by atoms with Crippen molar-refractivity contribution in [3.05, 3.63) is 35.9 Å². The highest BCUT2D eigenvalue weighted by Crippen LogP contribution is 2.14. The first-order valence-corrected chi connectivity index (χ1v) is 7.60. The highest BCUT2D eigenvalue weighted by atomic mass is 17.2. The van der Waals surface area contributed by atoms with Gasteiger partial charge in [0.2, 0.25) is 5.91 Å². The summed E-state index contributed by atoms with van der Waals surface area (Å²) in [6.07, 6.45) is 0.839. The number of carbonyl (C=O) groups is 3. The van der Waals surface area contributed by atoms with Crippen LogP contribution < -0.4 is 5.32 Å². The molecule has 6 nitrogen and oxygen atoms in total. The van der Waals surface area contributed by atoms with Crippen LogP contribution in [0, 0.1) is 11.8 Å². The molecule has 1 aromatic carbocycles. The fourth-order valence-electron chi connectivity index (χ4n) is 1.94. The molecule has 1 atom stereocenters. The number of benzene rings is 1. The monoisotopic (exact) mass is 321 g/mol. The normalized spacial score (nSPS) is 11.7. The molecule has 0 aliphatic carbocycles. The summed E-state index contributed by atoms with van der Waals surface area (Å²) < 4.78 is 0. The van der Waals surface area contributed by atoms with Crippen molar-refractivity contribution in [3.63, 3.8) is 0 Å². The van der Waals surface area contributed by atoms with Gasteiger partial charge >= 0.3 is 11.9 Å². The molecule has 6 heteroatoms. The van der Waals surface area contributed by atoms with Gasteiger partial charge in [0, 0.05) is 19.4 Å². The molecule has 126 valence electrons. The summed E-state index contributed by atoms with van der Waals surface area (Å²) in [6.45, 7) is 5.10. The first-order valence-electron chi connectivity index (χ1n) is 7.60. The molecule has 0 bridgehead atoms. The molecule has 1 amide bonds. The first-order chi connectivity index (χ1) is 10.9. The van der Waals surface area contributed by atoms with E-state index >= 15 is 0 Å². The van der Waals surface area contributed by atoms with E-state index in [-0.39, 0.29) is 11.8 Å². The molecule has 0 aliphatic rings. The van der Waals surface area contributed by atoms with Gasteiger partial charge in [0.05, 0.1) is 5.92 Å². The van der Waals surface area contributed by atoms with Crippen LogP contribution in [0.1, 0.15) is 32.8 Å². The summed E-state index contributed by atoms with van der Waals surface area (Å²) in [5.41, 5.74) is 0.965. The number of hydrogen-bond donors (Lipinski definition) is 1. The van der Waals surface area contributed by atoms with Gasteiger partial charge in [-0.1, -0.05) is 44.2 Å². The van der Waals surface area contributed by atoms with E-state index in [0.29, 0.717) is 19.4 Å². The van der Waals surface area contributed by atoms with Gasteiger partial charge < -0.3 is 5.32 Å². The van der Waals surface area contributed by atoms with E-state index in [2.05, 4.69) is 15.1 Å². The Bertz CT molecular complexity index is 527. The van der Waals surface area contributed by atoms with Crippen LogP contribution in [0.5, 0.6) is 0 Å². The maximum atomic E-state index is 12.0. The van der Waals surface area contributed by atoms with E-state index in [0.717, 1.165) is 12.5 Å². The molecule has 0 saturated carbocycles. The molecule has 0 aliphatic heterocycles. The lowest BCUT2D eigenvalue weighted by molar-refractivity contribution is -0.260. The lowest BCUT2D eigenvalue weighted by Crippen LogP contribution is -2.32. The summed E-state index contributed by atoms with van der Waals surface area (Å²) >= 11 is 0. The number of hydrogen-bond acceptors (Lipinski definition) is 5. The van der Waals surface area contributed by atoms with Crippen LogP contribution in [0.15, 0.2) is 30.3 Å². The SMILES string of the molecule is CC(=O)OOC(=O)C(CCNC(=O)C(C)C)Cc1ccccc1. The maximum Gasteiger partial charge on any atom is 0.359 e. The number of nitrogens with one attached hydrogen (secondary N) is 1. The zero-order valence-electron chi connectivity index (χ0n) is 13.7. The molecule has 0 aromatic heterocycles. The highest BCUT2D eigenvalue weighted by molar-refractivity contribution is 5.78. The van der Waals surface area contributed by atoms with Crippen molar-refractivity contribution >= 4 is 17.8 Å². The van der Waals surface area contributed by atoms with E-state index in [9.17, 15) is 14.4 Å². The summed E-state index contributed by atoms with van der Waals surface area (Å²) in [5.74, 6) is -2.01. The van der Waals surface area contributed by atoms with Crippen molar-refractivity contribution < 1.29 is 24.2 Å². The average Bonchev–Trinajstić information content (AvgIpc) is 2.52. The van der Waals surface area contributed by atoms with Crippen LogP contribution in [-0.4, -0.2) is 24.4 Å². The molecule has 0 heterocycles. The largest absolute Gasteiger partial charge is 0.359 e. The van der Waals surface area contributed by atoms with Gasteiger partial charge in [-0.05, 0) is 18.4 Å². The third-order valence-corrected chi connectivity index (χ3v) is 3.22. The summed E-state index contributed by atoms with van der Waals surface area (Å²) in [7, 11) is 0. The minimum atomic E-state index is -0.690. The molecule has 1 aromatic rings. The molecule has 1 unspecified atom stereocenters. The van der Waals surface area contributed by atoms with Gasteiger partial charge in [-0.15, -0.1) is 0 Å². The Labute approximate surface area is 136 Å². The van der Waals surface area contributed by atoms with E-state index in [1.165, 1.54) is 0 Å². The standard InChI is InChI=1S/C17H23NO5/c1-12(2)16(20)18-10-9-15(17(21)23-22-13(3)19)11-14-7-5-4-6-8-14/h4-8,12,15H,9-11H2,1-3H3,(H,18,20). The zero-order chi connectivity index (χ0) is 17.2. The molecule has 0 spiro atoms. The lowest BCUT2D eigenvalue weighted by Gasteiger charge is -2.15. The van der Waals surface area contributed by atoms with Gasteiger partial charge in [0.1, 0.15) is 0 Å². The second-order valence-corrected chi connectivity index (χ2v) is 5.60. The van der Waals surface area contributed by atoms with Gasteiger partial charge in [0.25, 0.3) is 0 Å². The van der Waals surface area contributed by atoms with Gasteiger partial charge in [0.15, 0.2) is 0 Å². The fourth-order valence-corrected chi connectivity index (χ4v) is 1.94. The van der Waals surface area contributed by atoms with Crippen LogP contribution in [0.25, 0.3) is 0 Å². The first kappa shape index (κ1) is 18.7. The summed E-state index contributed by atoms with van der Waals surface area (Å²) in [6, 6.07) is 9.45. The Morgan fingerprint density at radius 2 is 1.74 bits per heavy atom. The van der Waals surface area contributed by atoms with E-state index in [1.807, 2.05) is 30.3 Å². The van der Waals surface area contributed by atoms with Gasteiger partial charge in [-0.3, -0.25) is 4.79 Å². The molecule has 23 heavy (non-hydrogen) atoms. The zero-order valence-corrected chi connectivity index (χ0v) is 13.7. The number of rotatable bonds is 7. The van der Waals surface area contributed by atoms with Crippen molar-refractivity contribution in [2.24, 2.45) is 11.8 Å². The Balaban J connectivity index is 2.62. The molecule has 0 saturated heterocycles. The summed E-state index contributed by atoms with van der Waals surface area (Å²) in [4.78, 5) is 43.2. The molecular weight excluding hydrogens is 298 g/mol. The van der Waals surface area contributed by atoms with Crippen LogP contribution in [-0.2, 0) is 30.6 Å². The van der Waals surface area contributed by atoms with Crippen molar-refractivity contribution in [2.45, 2.75) is 33.6 Å². The maximum absolute atomic E-state index is 12.0. The Kier molecular flexibility index (Phi) is 7.80. The highest BCUT2D eigenvalue weighted by Gasteiger charge is 2.23. The Morgan fingerprint density at radius 1 is 1.09 bits per heavy atom. The quantitative estimate of drug-likeness (QED) is 0.614. The van der Waals surface area contributed by atoms with Crippen LogP contribution in [0.3, 0.4) is 0 Å². The molecule has 0 radical (unpaired) electrons. The van der Waals surface area contributed by atoms with Crippen LogP contribution >= 0.6 is 0 Å². The number of carbonyl (C=O) groups excluding carboxylic acids is 3. The third-order valence-electron chi connectivity index (χ3n) is 3.22. The summed E-state index contributed by atoms with van der Waals surface area (Å²) in [5, 5.41) is 2.76. The predicted molar refractivity (Wildman–Crippen MR) is 84.0 cm³/mol. The van der Waals surface area contributed by atoms with Gasteiger partial charge in [-0.25, -0.2) is 19.4 Å². The minimum Gasteiger partial charge on any atom is -0.356 e. The van der Waals surface area contributed by atoms with Crippen molar-refractivity contribution in [1.82, 2.24) is 5.32 Å². The van der Waals surface area contributed by atoms with Crippen molar-refractivity contribution in [3.8, 4) is 0 Å². The average molecular weight is 321 g/mol. The van der Waals surface area contributed by atoms with E-state index < -0.39 is 17.9 Å². The molecular formula is C17H23NO5. The Morgan fingerprint density at radius 3 is 2.30 bits per heavy atom. The minimum absolute atomic E-state index is 0.0724. The van der Waals surface area contributed by atoms with E-state index in [4.69, 9.17) is 0 Å². The van der Waals surface area contributed by atoms with Crippen molar-refractivity contribution in [2.75, 3.05) is 6.54 Å². The van der Waals surface area contributed by atoms with Crippen molar-refractivity contribution in [1.29, 1.82) is 0 Å².